The zero-order valence-corrected chi connectivity index (χ0v) is 11.8. The van der Waals surface area contributed by atoms with Crippen molar-refractivity contribution in [3.05, 3.63) is 64.0 Å². The van der Waals surface area contributed by atoms with Crippen LogP contribution in [0.15, 0.2) is 42.7 Å². The first-order valence-electron chi connectivity index (χ1n) is 6.70. The van der Waals surface area contributed by atoms with Gasteiger partial charge in [0.15, 0.2) is 5.75 Å². The molecule has 0 radical (unpaired) electrons. The molecule has 0 aliphatic heterocycles. The first-order chi connectivity index (χ1) is 10.2. The number of benzene rings is 1. The number of pyridine rings is 1. The van der Waals surface area contributed by atoms with E-state index in [-0.39, 0.29) is 18.0 Å². The predicted molar refractivity (Wildman–Crippen MR) is 79.0 cm³/mol. The van der Waals surface area contributed by atoms with Gasteiger partial charge in [0.1, 0.15) is 6.61 Å². The zero-order chi connectivity index (χ0) is 15.1. The van der Waals surface area contributed by atoms with Crippen LogP contribution in [0.1, 0.15) is 18.1 Å². The second kappa shape index (κ2) is 7.35. The lowest BCUT2D eigenvalue weighted by atomic mass is 10.2. The van der Waals surface area contributed by atoms with E-state index in [0.717, 1.165) is 17.7 Å². The molecular weight excluding hydrogens is 270 g/mol. The van der Waals surface area contributed by atoms with E-state index in [4.69, 9.17) is 4.74 Å². The van der Waals surface area contributed by atoms with Gasteiger partial charge in [-0.15, -0.1) is 0 Å². The van der Waals surface area contributed by atoms with E-state index in [1.165, 1.54) is 6.07 Å². The smallest absolute Gasteiger partial charge is 0.310 e. The molecule has 2 aromatic rings. The van der Waals surface area contributed by atoms with Gasteiger partial charge in [0.05, 0.1) is 4.92 Å². The summed E-state index contributed by atoms with van der Waals surface area (Å²) in [7, 11) is 0. The molecule has 21 heavy (non-hydrogen) atoms. The number of ether oxygens (including phenoxy) is 1. The summed E-state index contributed by atoms with van der Waals surface area (Å²) in [5, 5.41) is 14.2. The molecule has 0 amide bonds. The number of nitro benzene ring substituents is 1. The largest absolute Gasteiger partial charge is 0.482 e. The standard InChI is InChI=1S/C15H17N3O3/c1-2-16-9-12-5-6-14(18(19)20)15(8-12)21-11-13-4-3-7-17-10-13/h3-8,10,16H,2,9,11H2,1H3. The summed E-state index contributed by atoms with van der Waals surface area (Å²) in [6, 6.07) is 8.58. The number of aromatic nitrogens is 1. The van der Waals surface area contributed by atoms with Crippen LogP contribution in [0.4, 0.5) is 5.69 Å². The van der Waals surface area contributed by atoms with E-state index in [9.17, 15) is 10.1 Å². The molecular formula is C15H17N3O3. The summed E-state index contributed by atoms with van der Waals surface area (Å²) in [5.41, 5.74) is 1.78. The molecule has 6 nitrogen and oxygen atoms in total. The monoisotopic (exact) mass is 287 g/mol. The molecule has 1 aromatic carbocycles. The highest BCUT2D eigenvalue weighted by Crippen LogP contribution is 2.28. The Morgan fingerprint density at radius 1 is 1.33 bits per heavy atom. The normalized spacial score (nSPS) is 10.3. The van der Waals surface area contributed by atoms with Crippen molar-refractivity contribution >= 4 is 5.69 Å². The van der Waals surface area contributed by atoms with Crippen molar-refractivity contribution < 1.29 is 9.66 Å². The van der Waals surface area contributed by atoms with Crippen molar-refractivity contribution in [1.82, 2.24) is 10.3 Å². The molecule has 0 aliphatic rings. The Kier molecular flexibility index (Phi) is 5.22. The van der Waals surface area contributed by atoms with Gasteiger partial charge in [-0.3, -0.25) is 15.1 Å². The maximum Gasteiger partial charge on any atom is 0.310 e. The van der Waals surface area contributed by atoms with Crippen molar-refractivity contribution in [3.8, 4) is 5.75 Å². The summed E-state index contributed by atoms with van der Waals surface area (Å²) < 4.78 is 5.60. The highest BCUT2D eigenvalue weighted by molar-refractivity contribution is 5.48. The fourth-order valence-corrected chi connectivity index (χ4v) is 1.85. The Labute approximate surface area is 122 Å². The molecule has 110 valence electrons. The summed E-state index contributed by atoms with van der Waals surface area (Å²) in [6.45, 7) is 3.74. The zero-order valence-electron chi connectivity index (χ0n) is 11.8. The first-order valence-corrected chi connectivity index (χ1v) is 6.70. The number of rotatable bonds is 7. The third-order valence-corrected chi connectivity index (χ3v) is 2.92. The molecule has 1 heterocycles. The molecule has 0 bridgehead atoms. The van der Waals surface area contributed by atoms with Gasteiger partial charge in [-0.25, -0.2) is 0 Å². The molecule has 0 unspecified atom stereocenters. The van der Waals surface area contributed by atoms with Crippen LogP contribution in [0.3, 0.4) is 0 Å². The molecule has 0 saturated carbocycles. The van der Waals surface area contributed by atoms with Gasteiger partial charge in [0.25, 0.3) is 0 Å². The molecule has 6 heteroatoms. The molecule has 0 saturated heterocycles. The van der Waals surface area contributed by atoms with E-state index in [2.05, 4.69) is 10.3 Å². The topological polar surface area (TPSA) is 77.3 Å². The molecule has 0 spiro atoms. The summed E-state index contributed by atoms with van der Waals surface area (Å²) in [6.07, 6.45) is 3.34. The average Bonchev–Trinajstić information content (AvgIpc) is 2.51. The minimum absolute atomic E-state index is 0.0286. The fraction of sp³-hybridized carbons (Fsp3) is 0.267. The van der Waals surface area contributed by atoms with Crippen LogP contribution in [0.5, 0.6) is 5.75 Å². The minimum atomic E-state index is -0.435. The van der Waals surface area contributed by atoms with Gasteiger partial charge in [0, 0.05) is 30.6 Å². The van der Waals surface area contributed by atoms with Gasteiger partial charge in [-0.05, 0) is 24.2 Å². The van der Waals surface area contributed by atoms with Gasteiger partial charge in [-0.1, -0.05) is 19.1 Å². The van der Waals surface area contributed by atoms with Crippen molar-refractivity contribution in [2.75, 3.05) is 6.54 Å². The summed E-state index contributed by atoms with van der Waals surface area (Å²) >= 11 is 0. The Morgan fingerprint density at radius 2 is 2.19 bits per heavy atom. The van der Waals surface area contributed by atoms with Crippen LogP contribution in [-0.4, -0.2) is 16.5 Å². The predicted octanol–water partition coefficient (Wildman–Crippen LogP) is 2.68. The third kappa shape index (κ3) is 4.25. The van der Waals surface area contributed by atoms with Gasteiger partial charge < -0.3 is 10.1 Å². The minimum Gasteiger partial charge on any atom is -0.482 e. The van der Waals surface area contributed by atoms with Crippen molar-refractivity contribution in [2.24, 2.45) is 0 Å². The van der Waals surface area contributed by atoms with E-state index in [1.807, 2.05) is 13.0 Å². The molecule has 1 N–H and O–H groups in total. The number of nitro groups is 1. The lowest BCUT2D eigenvalue weighted by Crippen LogP contribution is -2.12. The van der Waals surface area contributed by atoms with E-state index < -0.39 is 4.92 Å². The third-order valence-electron chi connectivity index (χ3n) is 2.92. The second-order valence-corrected chi connectivity index (χ2v) is 4.49. The average molecular weight is 287 g/mol. The number of hydrogen-bond donors (Lipinski definition) is 1. The summed E-state index contributed by atoms with van der Waals surface area (Å²) in [5.74, 6) is 0.277. The maximum atomic E-state index is 11.1. The van der Waals surface area contributed by atoms with Crippen molar-refractivity contribution in [3.63, 3.8) is 0 Å². The Morgan fingerprint density at radius 3 is 2.86 bits per heavy atom. The second-order valence-electron chi connectivity index (χ2n) is 4.49. The Bertz CT molecular complexity index is 602. The van der Waals surface area contributed by atoms with Gasteiger partial charge in [0.2, 0.25) is 0 Å². The number of nitrogens with zero attached hydrogens (tertiary/aromatic N) is 2. The van der Waals surface area contributed by atoms with Crippen LogP contribution < -0.4 is 10.1 Å². The molecule has 0 fully saturated rings. The number of nitrogens with one attached hydrogen (secondary N) is 1. The quantitative estimate of drug-likeness (QED) is 0.625. The SMILES string of the molecule is CCNCc1ccc([N+](=O)[O-])c(OCc2cccnc2)c1. The Hall–Kier alpha value is -2.47. The summed E-state index contributed by atoms with van der Waals surface area (Å²) in [4.78, 5) is 14.6. The van der Waals surface area contributed by atoms with E-state index in [1.54, 1.807) is 30.6 Å². The molecule has 0 atom stereocenters. The van der Waals surface area contributed by atoms with Crippen molar-refractivity contribution in [1.29, 1.82) is 0 Å². The van der Waals surface area contributed by atoms with Crippen LogP contribution >= 0.6 is 0 Å². The van der Waals surface area contributed by atoms with Crippen molar-refractivity contribution in [2.45, 2.75) is 20.1 Å². The lowest BCUT2D eigenvalue weighted by molar-refractivity contribution is -0.386. The lowest BCUT2D eigenvalue weighted by Gasteiger charge is -2.09. The highest BCUT2D eigenvalue weighted by atomic mass is 16.6. The van der Waals surface area contributed by atoms with Crippen LogP contribution in [-0.2, 0) is 13.2 Å². The molecule has 1 aromatic heterocycles. The van der Waals surface area contributed by atoms with Crippen LogP contribution in [0.2, 0.25) is 0 Å². The first kappa shape index (κ1) is 14.9. The fourth-order valence-electron chi connectivity index (χ4n) is 1.85. The van der Waals surface area contributed by atoms with E-state index >= 15 is 0 Å². The van der Waals surface area contributed by atoms with Gasteiger partial charge >= 0.3 is 5.69 Å². The highest BCUT2D eigenvalue weighted by Gasteiger charge is 2.15. The molecule has 0 aliphatic carbocycles. The van der Waals surface area contributed by atoms with Crippen LogP contribution in [0.25, 0.3) is 0 Å². The number of hydrogen-bond acceptors (Lipinski definition) is 5. The van der Waals surface area contributed by atoms with Gasteiger partial charge in [-0.2, -0.15) is 0 Å². The van der Waals surface area contributed by atoms with E-state index in [0.29, 0.717) is 6.54 Å². The molecule has 2 rings (SSSR count). The Balaban J connectivity index is 2.16. The van der Waals surface area contributed by atoms with Crippen LogP contribution in [0, 0.1) is 10.1 Å². The maximum absolute atomic E-state index is 11.1.